The zero-order valence-electron chi connectivity index (χ0n) is 10.6. The van der Waals surface area contributed by atoms with Crippen LogP contribution in [0.15, 0.2) is 18.2 Å². The third-order valence-electron chi connectivity index (χ3n) is 2.84. The van der Waals surface area contributed by atoms with Crippen LogP contribution >= 0.6 is 0 Å². The Morgan fingerprint density at radius 3 is 2.75 bits per heavy atom. The molecule has 1 unspecified atom stereocenters. The van der Waals surface area contributed by atoms with Crippen LogP contribution in [0.4, 0.5) is 0 Å². The van der Waals surface area contributed by atoms with Gasteiger partial charge in [-0.15, -0.1) is 0 Å². The van der Waals surface area contributed by atoms with Gasteiger partial charge >= 0.3 is 0 Å². The molecule has 0 saturated carbocycles. The van der Waals surface area contributed by atoms with Crippen LogP contribution in [0.25, 0.3) is 0 Å². The first-order valence-electron chi connectivity index (χ1n) is 6.11. The number of aliphatic hydroxyl groups is 1. The minimum Gasteiger partial charge on any atom is -0.387 e. The van der Waals surface area contributed by atoms with E-state index in [1.54, 1.807) is 0 Å². The number of aliphatic hydroxyl groups excluding tert-OH is 1. The molecule has 1 rings (SSSR count). The second-order valence-corrected chi connectivity index (χ2v) is 4.43. The molecular weight excluding hydrogens is 198 g/mol. The minimum absolute atomic E-state index is 0.392. The summed E-state index contributed by atoms with van der Waals surface area (Å²) in [5.74, 6) is 0. The first-order valence-corrected chi connectivity index (χ1v) is 6.11. The zero-order valence-corrected chi connectivity index (χ0v) is 10.6. The van der Waals surface area contributed by atoms with Gasteiger partial charge in [-0.05, 0) is 37.9 Å². The van der Waals surface area contributed by atoms with Gasteiger partial charge in [0.05, 0.1) is 6.10 Å². The van der Waals surface area contributed by atoms with Gasteiger partial charge < -0.3 is 10.4 Å². The first kappa shape index (κ1) is 13.2. The van der Waals surface area contributed by atoms with E-state index in [-0.39, 0.29) is 0 Å². The molecule has 0 amide bonds. The van der Waals surface area contributed by atoms with E-state index in [1.165, 1.54) is 18.4 Å². The summed E-state index contributed by atoms with van der Waals surface area (Å²) in [7, 11) is 0. The van der Waals surface area contributed by atoms with Crippen LogP contribution in [0.2, 0.25) is 0 Å². The van der Waals surface area contributed by atoms with Gasteiger partial charge in [0.1, 0.15) is 0 Å². The summed E-state index contributed by atoms with van der Waals surface area (Å²) in [4.78, 5) is 0. The van der Waals surface area contributed by atoms with E-state index < -0.39 is 6.10 Å². The molecular formula is C14H23NO. The monoisotopic (exact) mass is 221 g/mol. The van der Waals surface area contributed by atoms with Crippen molar-refractivity contribution >= 4 is 0 Å². The molecule has 0 aromatic heterocycles. The molecule has 0 saturated heterocycles. The topological polar surface area (TPSA) is 32.3 Å². The zero-order chi connectivity index (χ0) is 12.0. The molecule has 90 valence electrons. The quantitative estimate of drug-likeness (QED) is 0.724. The van der Waals surface area contributed by atoms with E-state index in [4.69, 9.17) is 0 Å². The van der Waals surface area contributed by atoms with E-state index in [0.29, 0.717) is 6.54 Å². The lowest BCUT2D eigenvalue weighted by Crippen LogP contribution is -2.22. The number of unbranched alkanes of at least 4 members (excludes halogenated alkanes) is 1. The highest BCUT2D eigenvalue weighted by atomic mass is 16.3. The Balaban J connectivity index is 2.51. The third kappa shape index (κ3) is 3.95. The van der Waals surface area contributed by atoms with Crippen molar-refractivity contribution < 1.29 is 5.11 Å². The second-order valence-electron chi connectivity index (χ2n) is 4.43. The van der Waals surface area contributed by atoms with E-state index in [1.807, 2.05) is 6.92 Å². The Bertz CT molecular complexity index is 323. The smallest absolute Gasteiger partial charge is 0.0917 e. The van der Waals surface area contributed by atoms with Crippen LogP contribution in [-0.4, -0.2) is 18.2 Å². The molecule has 0 bridgehead atoms. The summed E-state index contributed by atoms with van der Waals surface area (Å²) in [6.45, 7) is 7.90. The fourth-order valence-electron chi connectivity index (χ4n) is 1.77. The van der Waals surface area contributed by atoms with Crippen LogP contribution in [0.1, 0.15) is 42.6 Å². The normalized spacial score (nSPS) is 12.8. The molecule has 2 N–H and O–H groups in total. The molecule has 0 aliphatic heterocycles. The molecule has 0 fully saturated rings. The number of hydrogen-bond acceptors (Lipinski definition) is 2. The molecule has 2 heteroatoms. The van der Waals surface area contributed by atoms with Crippen molar-refractivity contribution in [3.05, 3.63) is 34.9 Å². The summed E-state index contributed by atoms with van der Waals surface area (Å²) in [6.07, 6.45) is 1.96. The van der Waals surface area contributed by atoms with Gasteiger partial charge in [-0.25, -0.2) is 0 Å². The van der Waals surface area contributed by atoms with E-state index in [9.17, 15) is 5.11 Å². The Labute approximate surface area is 98.7 Å². The highest BCUT2D eigenvalue weighted by Crippen LogP contribution is 2.18. The first-order chi connectivity index (χ1) is 7.65. The second kappa shape index (κ2) is 6.66. The van der Waals surface area contributed by atoms with Crippen LogP contribution in [-0.2, 0) is 0 Å². The summed E-state index contributed by atoms with van der Waals surface area (Å²) in [6, 6.07) is 6.22. The molecule has 2 nitrogen and oxygen atoms in total. The average molecular weight is 221 g/mol. The minimum atomic E-state index is -0.392. The van der Waals surface area contributed by atoms with Gasteiger partial charge in [-0.1, -0.05) is 37.1 Å². The highest BCUT2D eigenvalue weighted by Gasteiger charge is 2.09. The standard InChI is InChI=1S/C14H23NO/c1-4-5-8-15-10-14(16)13-9-11(2)6-7-12(13)3/h6-7,9,14-16H,4-5,8,10H2,1-3H3. The molecule has 0 heterocycles. The van der Waals surface area contributed by atoms with Crippen molar-refractivity contribution in [1.29, 1.82) is 0 Å². The van der Waals surface area contributed by atoms with Gasteiger partial charge in [-0.3, -0.25) is 0 Å². The third-order valence-corrected chi connectivity index (χ3v) is 2.84. The van der Waals surface area contributed by atoms with Crippen LogP contribution < -0.4 is 5.32 Å². The van der Waals surface area contributed by atoms with Gasteiger partial charge in [0.15, 0.2) is 0 Å². The molecule has 1 aromatic rings. The highest BCUT2D eigenvalue weighted by molar-refractivity contribution is 5.32. The number of benzene rings is 1. The van der Waals surface area contributed by atoms with Crippen molar-refractivity contribution in [3.63, 3.8) is 0 Å². The fraction of sp³-hybridized carbons (Fsp3) is 0.571. The summed E-state index contributed by atoms with van der Waals surface area (Å²) < 4.78 is 0. The summed E-state index contributed by atoms with van der Waals surface area (Å²) in [5, 5.41) is 13.3. The van der Waals surface area contributed by atoms with Crippen molar-refractivity contribution in [2.45, 2.75) is 39.7 Å². The maximum atomic E-state index is 10.1. The molecule has 0 spiro atoms. The van der Waals surface area contributed by atoms with E-state index >= 15 is 0 Å². The largest absolute Gasteiger partial charge is 0.387 e. The lowest BCUT2D eigenvalue weighted by atomic mass is 10.0. The molecule has 16 heavy (non-hydrogen) atoms. The summed E-state index contributed by atoms with van der Waals surface area (Å²) >= 11 is 0. The van der Waals surface area contributed by atoms with Gasteiger partial charge in [-0.2, -0.15) is 0 Å². The molecule has 0 aliphatic carbocycles. The Kier molecular flexibility index (Phi) is 5.50. The van der Waals surface area contributed by atoms with E-state index in [0.717, 1.165) is 17.7 Å². The average Bonchev–Trinajstić information content (AvgIpc) is 2.27. The lowest BCUT2D eigenvalue weighted by molar-refractivity contribution is 0.174. The van der Waals surface area contributed by atoms with Gasteiger partial charge in [0.25, 0.3) is 0 Å². The van der Waals surface area contributed by atoms with Gasteiger partial charge in [0.2, 0.25) is 0 Å². The number of aryl methyl sites for hydroxylation is 2. The molecule has 1 aromatic carbocycles. The Morgan fingerprint density at radius 1 is 1.31 bits per heavy atom. The Morgan fingerprint density at radius 2 is 2.06 bits per heavy atom. The molecule has 1 atom stereocenters. The SMILES string of the molecule is CCCCNCC(O)c1cc(C)ccc1C. The molecule has 0 aliphatic rings. The maximum absolute atomic E-state index is 10.1. The van der Waals surface area contributed by atoms with Crippen molar-refractivity contribution in [2.24, 2.45) is 0 Å². The van der Waals surface area contributed by atoms with Crippen LogP contribution in [0.5, 0.6) is 0 Å². The van der Waals surface area contributed by atoms with Crippen LogP contribution in [0.3, 0.4) is 0 Å². The van der Waals surface area contributed by atoms with Crippen molar-refractivity contribution in [3.8, 4) is 0 Å². The Hall–Kier alpha value is -0.860. The number of hydrogen-bond donors (Lipinski definition) is 2. The van der Waals surface area contributed by atoms with Crippen molar-refractivity contribution in [2.75, 3.05) is 13.1 Å². The van der Waals surface area contributed by atoms with E-state index in [2.05, 4.69) is 37.4 Å². The van der Waals surface area contributed by atoms with Crippen molar-refractivity contribution in [1.82, 2.24) is 5.32 Å². The lowest BCUT2D eigenvalue weighted by Gasteiger charge is -2.15. The number of nitrogens with one attached hydrogen (secondary N) is 1. The van der Waals surface area contributed by atoms with Crippen LogP contribution in [0, 0.1) is 13.8 Å². The predicted molar refractivity (Wildman–Crippen MR) is 68.7 cm³/mol. The maximum Gasteiger partial charge on any atom is 0.0917 e. The summed E-state index contributed by atoms with van der Waals surface area (Å²) in [5.41, 5.74) is 3.41. The predicted octanol–water partition coefficient (Wildman–Crippen LogP) is 2.73. The number of rotatable bonds is 6. The fourth-order valence-corrected chi connectivity index (χ4v) is 1.77. The molecule has 0 radical (unpaired) electrons. The van der Waals surface area contributed by atoms with Gasteiger partial charge in [0, 0.05) is 6.54 Å².